The van der Waals surface area contributed by atoms with Crippen LogP contribution in [0.2, 0.25) is 5.02 Å². The first-order chi connectivity index (χ1) is 11.4. The van der Waals surface area contributed by atoms with Gasteiger partial charge in [0.2, 0.25) is 4.80 Å². The van der Waals surface area contributed by atoms with Crippen LogP contribution in [0.5, 0.6) is 0 Å². The van der Waals surface area contributed by atoms with E-state index in [1.807, 2.05) is 0 Å². The topological polar surface area (TPSA) is 51.4 Å². The van der Waals surface area contributed by atoms with Gasteiger partial charge in [-0.25, -0.2) is 4.39 Å². The highest BCUT2D eigenvalue weighted by Gasteiger charge is 2.14. The summed E-state index contributed by atoms with van der Waals surface area (Å²) >= 11 is 6.83. The maximum atomic E-state index is 13.4. The Morgan fingerprint density at radius 3 is 2.62 bits per heavy atom. The number of rotatable bonds is 3. The van der Waals surface area contributed by atoms with Crippen molar-refractivity contribution in [1.82, 2.24) is 4.57 Å². The number of hydrogen-bond donors (Lipinski definition) is 0. The predicted octanol–water partition coefficient (Wildman–Crippen LogP) is 3.42. The van der Waals surface area contributed by atoms with Gasteiger partial charge in [0.25, 0.3) is 10.0 Å². The van der Waals surface area contributed by atoms with Gasteiger partial charge >= 0.3 is 0 Å². The molecule has 0 spiro atoms. The van der Waals surface area contributed by atoms with E-state index >= 15 is 0 Å². The van der Waals surface area contributed by atoms with E-state index in [1.54, 1.807) is 10.6 Å². The van der Waals surface area contributed by atoms with Crippen LogP contribution in [-0.2, 0) is 16.6 Å². The average Bonchev–Trinajstić information content (AvgIpc) is 2.84. The zero-order valence-electron chi connectivity index (χ0n) is 12.1. The lowest BCUT2D eigenvalue weighted by Gasteiger charge is -2.01. The summed E-state index contributed by atoms with van der Waals surface area (Å²) in [5.41, 5.74) is 0.629. The summed E-state index contributed by atoms with van der Waals surface area (Å²) in [5, 5.41) is 0.425. The van der Waals surface area contributed by atoms with Crippen LogP contribution in [0.3, 0.4) is 0 Å². The molecule has 0 saturated carbocycles. The lowest BCUT2D eigenvalue weighted by Crippen LogP contribution is -2.16. The third-order valence-corrected chi connectivity index (χ3v) is 5.89. The van der Waals surface area contributed by atoms with Gasteiger partial charge in [-0.15, -0.1) is 10.8 Å². The zero-order valence-corrected chi connectivity index (χ0v) is 14.5. The van der Waals surface area contributed by atoms with Crippen LogP contribution in [0.25, 0.3) is 10.2 Å². The van der Waals surface area contributed by atoms with Gasteiger partial charge in [0, 0.05) is 5.02 Å². The Balaban J connectivity index is 2.24. The van der Waals surface area contributed by atoms with Gasteiger partial charge in [0.1, 0.15) is 5.82 Å². The number of nitrogens with zero attached hydrogens (tertiary/aromatic N) is 2. The highest BCUT2D eigenvalue weighted by Crippen LogP contribution is 2.20. The molecule has 24 heavy (non-hydrogen) atoms. The van der Waals surface area contributed by atoms with Crippen molar-refractivity contribution in [3.05, 3.63) is 58.1 Å². The first-order valence-electron chi connectivity index (χ1n) is 6.69. The largest absolute Gasteiger partial charge is 0.304 e. The lowest BCUT2D eigenvalue weighted by molar-refractivity contribution is 0.596. The van der Waals surface area contributed by atoms with Gasteiger partial charge in [0.15, 0.2) is 0 Å². The van der Waals surface area contributed by atoms with Gasteiger partial charge in [-0.2, -0.15) is 8.42 Å². The molecule has 3 rings (SSSR count). The fourth-order valence-electron chi connectivity index (χ4n) is 2.12. The SMILES string of the molecule is C#CCn1c(=NS(=O)(=O)c2ccc(Cl)cc2)sc2cc(F)ccc21. The Labute approximate surface area is 146 Å². The third-order valence-electron chi connectivity index (χ3n) is 3.20. The summed E-state index contributed by atoms with van der Waals surface area (Å²) in [4.78, 5) is 0.200. The molecule has 122 valence electrons. The van der Waals surface area contributed by atoms with Crippen molar-refractivity contribution in [3.8, 4) is 12.3 Å². The van der Waals surface area contributed by atoms with Gasteiger partial charge in [0.05, 0.1) is 21.7 Å². The first kappa shape index (κ1) is 16.7. The normalized spacial score (nSPS) is 12.5. The van der Waals surface area contributed by atoms with E-state index in [0.29, 0.717) is 15.2 Å². The van der Waals surface area contributed by atoms with Crippen LogP contribution >= 0.6 is 22.9 Å². The fourth-order valence-corrected chi connectivity index (χ4v) is 4.51. The number of sulfonamides is 1. The second kappa shape index (κ2) is 6.40. The van der Waals surface area contributed by atoms with Crippen LogP contribution < -0.4 is 4.80 Å². The van der Waals surface area contributed by atoms with Crippen molar-refractivity contribution >= 4 is 43.2 Å². The monoisotopic (exact) mass is 380 g/mol. The number of benzene rings is 2. The summed E-state index contributed by atoms with van der Waals surface area (Å²) in [5.74, 6) is 2.04. The molecular weight excluding hydrogens is 371 g/mol. The van der Waals surface area contributed by atoms with Crippen LogP contribution in [0.1, 0.15) is 0 Å². The molecule has 0 saturated heterocycles. The van der Waals surface area contributed by atoms with Crippen LogP contribution in [0, 0.1) is 18.2 Å². The Hall–Kier alpha value is -2.14. The maximum absolute atomic E-state index is 13.4. The van der Waals surface area contributed by atoms with E-state index in [-0.39, 0.29) is 16.2 Å². The minimum absolute atomic E-state index is 0.0165. The Morgan fingerprint density at radius 2 is 1.96 bits per heavy atom. The van der Waals surface area contributed by atoms with Gasteiger partial charge in [-0.1, -0.05) is 28.9 Å². The molecule has 1 heterocycles. The minimum Gasteiger partial charge on any atom is -0.304 e. The smallest absolute Gasteiger partial charge is 0.285 e. The molecule has 0 aliphatic carbocycles. The minimum atomic E-state index is -3.94. The van der Waals surface area contributed by atoms with E-state index in [0.717, 1.165) is 11.3 Å². The first-order valence-corrected chi connectivity index (χ1v) is 9.33. The van der Waals surface area contributed by atoms with Crippen molar-refractivity contribution in [2.75, 3.05) is 0 Å². The van der Waals surface area contributed by atoms with E-state index in [4.69, 9.17) is 18.0 Å². The number of fused-ring (bicyclic) bond motifs is 1. The summed E-state index contributed by atoms with van der Waals surface area (Å²) in [6.45, 7) is 0.126. The second-order valence-electron chi connectivity index (χ2n) is 4.81. The maximum Gasteiger partial charge on any atom is 0.285 e. The zero-order chi connectivity index (χ0) is 17.3. The summed E-state index contributed by atoms with van der Waals surface area (Å²) in [6, 6.07) is 9.85. The summed E-state index contributed by atoms with van der Waals surface area (Å²) < 4.78 is 44.3. The number of terminal acetylenes is 1. The number of thiazole rings is 1. The van der Waals surface area contributed by atoms with E-state index < -0.39 is 15.8 Å². The molecule has 0 aliphatic rings. The summed E-state index contributed by atoms with van der Waals surface area (Å²) in [6.07, 6.45) is 5.36. The standard InChI is InChI=1S/C16H10ClFN2O2S2/c1-2-9-20-14-8-5-12(18)10-15(14)23-16(20)19-24(21,22)13-6-3-11(17)4-7-13/h1,3-8,10H,9H2. The van der Waals surface area contributed by atoms with E-state index in [9.17, 15) is 12.8 Å². The number of aromatic nitrogens is 1. The molecule has 1 aromatic heterocycles. The van der Waals surface area contributed by atoms with Gasteiger partial charge in [-0.05, 0) is 42.5 Å². The fraction of sp³-hybridized carbons (Fsp3) is 0.0625. The molecule has 8 heteroatoms. The van der Waals surface area contributed by atoms with Crippen LogP contribution in [0.4, 0.5) is 4.39 Å². The number of hydrogen-bond acceptors (Lipinski definition) is 3. The van der Waals surface area contributed by atoms with Crippen molar-refractivity contribution in [1.29, 1.82) is 0 Å². The van der Waals surface area contributed by atoms with Gasteiger partial charge < -0.3 is 4.57 Å². The highest BCUT2D eigenvalue weighted by molar-refractivity contribution is 7.90. The molecule has 0 N–H and O–H groups in total. The lowest BCUT2D eigenvalue weighted by atomic mass is 10.3. The molecule has 3 aromatic rings. The van der Waals surface area contributed by atoms with Crippen LogP contribution in [-0.4, -0.2) is 13.0 Å². The molecule has 2 aromatic carbocycles. The summed E-state index contributed by atoms with van der Waals surface area (Å²) in [7, 11) is -3.94. The molecule has 0 amide bonds. The van der Waals surface area contributed by atoms with Crippen molar-refractivity contribution in [2.45, 2.75) is 11.4 Å². The van der Waals surface area contributed by atoms with E-state index in [1.165, 1.54) is 36.4 Å². The molecule has 0 fully saturated rings. The van der Waals surface area contributed by atoms with Crippen molar-refractivity contribution in [2.24, 2.45) is 4.40 Å². The van der Waals surface area contributed by atoms with Gasteiger partial charge in [-0.3, -0.25) is 0 Å². The predicted molar refractivity (Wildman–Crippen MR) is 92.8 cm³/mol. The molecule has 0 radical (unpaired) electrons. The van der Waals surface area contributed by atoms with E-state index in [2.05, 4.69) is 10.3 Å². The molecule has 0 unspecified atom stereocenters. The molecule has 0 atom stereocenters. The van der Waals surface area contributed by atoms with Crippen molar-refractivity contribution < 1.29 is 12.8 Å². The molecule has 0 aliphatic heterocycles. The Kier molecular flexibility index (Phi) is 4.45. The van der Waals surface area contributed by atoms with Crippen molar-refractivity contribution in [3.63, 3.8) is 0 Å². The number of halogens is 2. The molecule has 0 bridgehead atoms. The third kappa shape index (κ3) is 3.22. The van der Waals surface area contributed by atoms with Crippen LogP contribution in [0.15, 0.2) is 51.8 Å². The molecule has 4 nitrogen and oxygen atoms in total. The highest BCUT2D eigenvalue weighted by atomic mass is 35.5. The Bertz CT molecular complexity index is 1120. The Morgan fingerprint density at radius 1 is 1.25 bits per heavy atom. The molecular formula is C16H10ClFN2O2S2. The average molecular weight is 381 g/mol. The second-order valence-corrected chi connectivity index (χ2v) is 7.86. The quantitative estimate of drug-likeness (QED) is 0.654.